The molecule has 3 aromatic heterocycles. The van der Waals surface area contributed by atoms with E-state index in [1.165, 1.54) is 34.8 Å². The Morgan fingerprint density at radius 2 is 0.976 bits per heavy atom. The first-order valence-electron chi connectivity index (χ1n) is 26.3. The van der Waals surface area contributed by atoms with Crippen molar-refractivity contribution in [3.8, 4) is 17.6 Å². The number of aryl methyl sites for hydroxylation is 1. The number of methoxy groups -OCH3 is 3. The fraction of sp³-hybridized carbons (Fsp3) is 0.312. The van der Waals surface area contributed by atoms with E-state index in [1.54, 1.807) is 78.0 Å². The number of nitrogens with two attached hydrogens (primary N) is 1. The maximum atomic E-state index is 12.6. The zero-order valence-corrected chi connectivity index (χ0v) is 50.5. The van der Waals surface area contributed by atoms with Gasteiger partial charge in [0.25, 0.3) is 0 Å². The number of rotatable bonds is 23. The molecule has 0 bridgehead atoms. The Labute approximate surface area is 504 Å². The van der Waals surface area contributed by atoms with Crippen LogP contribution in [0.2, 0.25) is 0 Å². The molecule has 7 aromatic rings. The number of carbonyl (C=O) groups is 3. The zero-order chi connectivity index (χ0) is 56.3. The summed E-state index contributed by atoms with van der Waals surface area (Å²) in [5, 5.41) is 0. The summed E-state index contributed by atoms with van der Waals surface area (Å²) < 4.78 is 29.9. The van der Waals surface area contributed by atoms with Crippen LogP contribution >= 0.6 is 12.4 Å². The average molecular weight is 1240 g/mol. The second kappa shape index (κ2) is 43.4. The molecule has 0 spiro atoms. The molecule has 0 aliphatic carbocycles. The van der Waals surface area contributed by atoms with Crippen LogP contribution in [0.4, 0.5) is 0 Å². The topological polar surface area (TPSA) is 238 Å². The van der Waals surface area contributed by atoms with Gasteiger partial charge in [-0.3, -0.25) is 14.5 Å². The van der Waals surface area contributed by atoms with Gasteiger partial charge in [-0.05, 0) is 97.5 Å². The third-order valence-electron chi connectivity index (χ3n) is 12.2. The minimum Gasteiger partial charge on any atom is -0.481 e. The van der Waals surface area contributed by atoms with Gasteiger partial charge in [0, 0.05) is 88.0 Å². The van der Waals surface area contributed by atoms with Gasteiger partial charge in [0.05, 0.1) is 54.0 Å². The predicted molar refractivity (Wildman–Crippen MR) is 321 cm³/mol. The summed E-state index contributed by atoms with van der Waals surface area (Å²) >= 11 is 0. The zero-order valence-electron chi connectivity index (χ0n) is 48.1. The molecular weight excluding hydrogens is 1160 g/mol. The molecule has 0 saturated heterocycles. The molecule has 0 saturated carbocycles. The van der Waals surface area contributed by atoms with Crippen LogP contribution < -0.4 is 19.9 Å². The fourth-order valence-corrected chi connectivity index (χ4v) is 7.94. The Balaban J connectivity index is 0.00000111. The van der Waals surface area contributed by atoms with Crippen LogP contribution in [0.15, 0.2) is 182 Å². The van der Waals surface area contributed by atoms with E-state index in [-0.39, 0.29) is 86.6 Å². The number of nitrogens with zero attached hydrogens (tertiary/aromatic N) is 4. The molecule has 16 nitrogen and oxygen atoms in total. The molecule has 82 heavy (non-hydrogen) atoms. The van der Waals surface area contributed by atoms with Gasteiger partial charge in [-0.2, -0.15) is 0 Å². The maximum absolute atomic E-state index is 12.6. The molecule has 18 heteroatoms. The molecule has 0 amide bonds. The van der Waals surface area contributed by atoms with E-state index in [9.17, 15) is 14.4 Å². The normalized spacial score (nSPS) is 11.5. The number of hydrogen-bond donors (Lipinski definition) is 1. The van der Waals surface area contributed by atoms with Gasteiger partial charge in [-0.25, -0.2) is 19.7 Å². The van der Waals surface area contributed by atoms with Crippen LogP contribution in [-0.2, 0) is 62.0 Å². The largest absolute Gasteiger partial charge is 0.481 e. The first-order valence-corrected chi connectivity index (χ1v) is 26.3. The van der Waals surface area contributed by atoms with Crippen molar-refractivity contribution in [3.63, 3.8) is 0 Å². The van der Waals surface area contributed by atoms with E-state index >= 15 is 0 Å². The molecule has 4 aromatic carbocycles. The summed E-state index contributed by atoms with van der Waals surface area (Å²) in [6, 6.07) is 52.4. The van der Waals surface area contributed by atoms with Gasteiger partial charge in [-0.1, -0.05) is 140 Å². The Bertz CT molecular complexity index is 2770. The number of carbonyl (C=O) groups excluding carboxylic acids is 3. The van der Waals surface area contributed by atoms with Gasteiger partial charge >= 0.3 is 17.9 Å². The van der Waals surface area contributed by atoms with Crippen LogP contribution in [0.25, 0.3) is 6.08 Å². The van der Waals surface area contributed by atoms with Gasteiger partial charge in [0.2, 0.25) is 17.6 Å². The summed E-state index contributed by atoms with van der Waals surface area (Å²) in [4.78, 5) is 49.5. The average Bonchev–Trinajstić information content (AvgIpc) is 3.48. The second-order valence-corrected chi connectivity index (χ2v) is 17.7. The summed E-state index contributed by atoms with van der Waals surface area (Å²) in [7, 11) is 4.69. The Morgan fingerprint density at radius 3 is 1.43 bits per heavy atom. The molecule has 7 rings (SSSR count). The fourth-order valence-electron chi connectivity index (χ4n) is 7.94. The van der Waals surface area contributed by atoms with Gasteiger partial charge in [0.15, 0.2) is 0 Å². The maximum Gasteiger partial charge on any atom is 0.330 e. The first kappa shape index (κ1) is 74.7. The van der Waals surface area contributed by atoms with Crippen LogP contribution in [0, 0.1) is 0 Å². The molecule has 3 heterocycles. The number of esters is 3. The minimum absolute atomic E-state index is 0. The second-order valence-electron chi connectivity index (χ2n) is 17.7. The quantitative estimate of drug-likeness (QED) is 0.0271. The summed E-state index contributed by atoms with van der Waals surface area (Å²) in [6.45, 7) is 11.6. The van der Waals surface area contributed by atoms with E-state index in [4.69, 9.17) is 34.2 Å². The molecule has 0 fully saturated rings. The Morgan fingerprint density at radius 1 is 0.537 bits per heavy atom. The van der Waals surface area contributed by atoms with Crippen LogP contribution in [0.1, 0.15) is 117 Å². The number of aromatic nitrogens is 3. The van der Waals surface area contributed by atoms with E-state index in [2.05, 4.69) is 119 Å². The van der Waals surface area contributed by atoms with Crippen molar-refractivity contribution < 1.29 is 74.2 Å². The molecular formula is C64H82ClN5O11Pd. The van der Waals surface area contributed by atoms with Crippen molar-refractivity contribution in [2.24, 2.45) is 5.73 Å². The van der Waals surface area contributed by atoms with Crippen molar-refractivity contribution >= 4 is 36.4 Å². The number of benzene rings is 4. The number of ether oxygens (including phenoxy) is 6. The first-order chi connectivity index (χ1) is 37.9. The predicted octanol–water partition coefficient (Wildman–Crippen LogP) is 11.3. The van der Waals surface area contributed by atoms with E-state index in [1.807, 2.05) is 61.5 Å². The molecule has 0 radical (unpaired) electrons. The number of hydrogen-bond acceptors (Lipinski definition) is 14. The van der Waals surface area contributed by atoms with Gasteiger partial charge in [0.1, 0.15) is 0 Å². The van der Waals surface area contributed by atoms with Crippen LogP contribution in [-0.4, -0.2) is 89.9 Å². The van der Waals surface area contributed by atoms with E-state index in [0.29, 0.717) is 49.9 Å². The molecule has 446 valence electrons. The number of halogens is 1. The van der Waals surface area contributed by atoms with Crippen molar-refractivity contribution in [3.05, 3.63) is 221 Å². The molecule has 4 atom stereocenters. The van der Waals surface area contributed by atoms with Crippen molar-refractivity contribution in [2.75, 3.05) is 41.2 Å². The number of pyridine rings is 3. The van der Waals surface area contributed by atoms with Crippen LogP contribution in [0.3, 0.4) is 0 Å². The van der Waals surface area contributed by atoms with E-state index in [0.717, 1.165) is 23.1 Å². The molecule has 1 unspecified atom stereocenters. The SMILES string of the molecule is CCOC(=O)/C=C/c1ccc(OC)nc1.CCOC(=O)C[C@@H](c1ccc(OC)nc1)N(Cc1ccccc1)C(C)c1ccccc1.CCOC(=O)C[C@H](N)c1ccc(OC)nc1.C[C@@H](CCc1ccccc1)c1ccccc1.Cl.O.O.[Pd]. The smallest absolute Gasteiger partial charge is 0.330 e. The molecule has 0 aliphatic heterocycles. The minimum atomic E-state index is -0.391. The summed E-state index contributed by atoms with van der Waals surface area (Å²) in [5.74, 6) is 1.38. The van der Waals surface area contributed by atoms with Gasteiger partial charge < -0.3 is 45.1 Å². The third kappa shape index (κ3) is 27.9. The Kier molecular flexibility index (Phi) is 39.5. The molecule has 6 N–H and O–H groups in total. The summed E-state index contributed by atoms with van der Waals surface area (Å²) in [6.07, 6.45) is 10.8. The van der Waals surface area contributed by atoms with Crippen molar-refractivity contribution in [1.82, 2.24) is 19.9 Å². The van der Waals surface area contributed by atoms with E-state index < -0.39 is 6.04 Å². The van der Waals surface area contributed by atoms with Gasteiger partial charge in [-0.15, -0.1) is 12.4 Å². The van der Waals surface area contributed by atoms with Crippen molar-refractivity contribution in [2.45, 2.75) is 90.9 Å². The molecule has 0 aliphatic rings. The monoisotopic (exact) mass is 1240 g/mol. The van der Waals surface area contributed by atoms with Crippen molar-refractivity contribution in [1.29, 1.82) is 0 Å². The Hall–Kier alpha value is -7.33. The van der Waals surface area contributed by atoms with Crippen LogP contribution in [0.5, 0.6) is 17.6 Å². The standard InChI is InChI=1S/C26H30N2O3.C16H18.C11H16N2O3.C11H13NO3.ClH.2H2O.Pd/c1-4-31-26(29)17-24(23-15-16-25(30-3)27-18-23)28(19-21-11-7-5-8-12-21)20(2)22-13-9-6-10-14-22;1-14(16-10-6-3-7-11-16)12-13-15-8-4-2-5-9-15;1-3-16-11(14)6-9(12)8-4-5-10(15-2)13-7-8;1-3-15-11(13)7-5-9-4-6-10(14-2)12-8-9;;;;/h5-16,18,20,24H,4,17,19H2,1-3H3;2-11,14H,12-13H2,1H3;4-5,7,9H,3,6,12H2,1-2H3;4-8H,3H2,1-2H3;1H;2*1H2;/b;;;7-5+;;;;/t20?,24-;14-;9-;;;;;/m000...../s1. The third-order valence-corrected chi connectivity index (χ3v) is 12.2. The summed E-state index contributed by atoms with van der Waals surface area (Å²) in [5.41, 5.74) is 13.6.